The first-order chi connectivity index (χ1) is 9.93. The van der Waals surface area contributed by atoms with Crippen LogP contribution in [0, 0.1) is 0 Å². The molecule has 0 N–H and O–H groups in total. The maximum absolute atomic E-state index is 10.0. The monoisotopic (exact) mass is 407 g/mol. The molecule has 0 aliphatic heterocycles. The fraction of sp³-hybridized carbons (Fsp3) is 0. The van der Waals surface area contributed by atoms with Crippen LogP contribution in [0.25, 0.3) is 0 Å². The van der Waals surface area contributed by atoms with Gasteiger partial charge < -0.3 is 53.2 Å². The summed E-state index contributed by atoms with van der Waals surface area (Å²) in [7, 11) is -18.0. The van der Waals surface area contributed by atoms with Gasteiger partial charge in [0.2, 0.25) is 0 Å². The van der Waals surface area contributed by atoms with Crippen LogP contribution in [0.5, 0.6) is 0 Å². The molecule has 138 valence electrons. The van der Waals surface area contributed by atoms with Gasteiger partial charge in [-0.05, 0) is 0 Å². The molecule has 1 rings (SSSR count). The van der Waals surface area contributed by atoms with Gasteiger partial charge in [0.1, 0.15) is 6.29 Å². The van der Waals surface area contributed by atoms with Crippen molar-refractivity contribution in [2.45, 2.75) is 0 Å². The molecular weight excluding hydrogens is 400 g/mol. The Kier molecular flexibility index (Phi) is 20.0. The van der Waals surface area contributed by atoms with Gasteiger partial charge in [-0.25, -0.2) is 0 Å². The van der Waals surface area contributed by atoms with Crippen LogP contribution in [0.2, 0.25) is 0 Å². The minimum absolute atomic E-state index is 0. The summed E-state index contributed by atoms with van der Waals surface area (Å²) in [6.07, 6.45) is 0.833. The Hall–Kier alpha value is -0.119. The summed E-state index contributed by atoms with van der Waals surface area (Å²) in [5.41, 5.74) is 0.729. The SMILES string of the molecule is F[B-](F)(F)F.F[B-](F)(F)F.F[B-](F)(F)F.O=Cc1ccccc1.[H-].[K+]. The summed E-state index contributed by atoms with van der Waals surface area (Å²) in [6, 6.07) is 9.10. The van der Waals surface area contributed by atoms with E-state index in [2.05, 4.69) is 0 Å². The van der Waals surface area contributed by atoms with Gasteiger partial charge in [-0.2, -0.15) is 0 Å². The molecule has 0 atom stereocenters. The average molecular weight is 407 g/mol. The Balaban J connectivity index is -0.0000000714. The Bertz CT molecular complexity index is 365. The molecule has 0 amide bonds. The Labute approximate surface area is 172 Å². The van der Waals surface area contributed by atoms with Gasteiger partial charge in [-0.15, -0.1) is 0 Å². The molecule has 0 aliphatic rings. The molecule has 0 spiro atoms. The second-order valence-electron chi connectivity index (χ2n) is 3.01. The smallest absolute Gasteiger partial charge is 1.00 e. The number of aldehydes is 1. The standard InChI is InChI=1S/C7H6O.3BF4.K.H/c8-6-7-4-2-1-3-5-7;3*2-1(3,4)5;;/h1-6H;;;;;/q;3*-1;+1;-1. The van der Waals surface area contributed by atoms with E-state index in [0.29, 0.717) is 0 Å². The van der Waals surface area contributed by atoms with Gasteiger partial charge in [0.15, 0.2) is 0 Å². The third kappa shape index (κ3) is 97.7. The molecule has 1 nitrogen and oxygen atoms in total. The van der Waals surface area contributed by atoms with Gasteiger partial charge in [-0.1, -0.05) is 30.3 Å². The number of carbonyl (C=O) groups excluding carboxylic acids is 1. The van der Waals surface area contributed by atoms with E-state index in [1.165, 1.54) is 0 Å². The van der Waals surface area contributed by atoms with E-state index < -0.39 is 21.8 Å². The van der Waals surface area contributed by atoms with Crippen LogP contribution < -0.4 is 51.4 Å². The average Bonchev–Trinajstić information content (AvgIpc) is 2.23. The van der Waals surface area contributed by atoms with E-state index in [0.717, 1.165) is 11.8 Å². The van der Waals surface area contributed by atoms with Crippen LogP contribution in [0.15, 0.2) is 30.3 Å². The number of hydrogen-bond acceptors (Lipinski definition) is 1. The summed E-state index contributed by atoms with van der Waals surface area (Å²) < 4.78 is 117. The van der Waals surface area contributed by atoms with E-state index in [9.17, 15) is 56.6 Å². The minimum atomic E-state index is -6.00. The van der Waals surface area contributed by atoms with Gasteiger partial charge in [-0.3, -0.25) is 4.79 Å². The number of benzene rings is 1. The number of halogens is 12. The van der Waals surface area contributed by atoms with Crippen molar-refractivity contribution >= 4 is 28.0 Å². The molecule has 0 radical (unpaired) electrons. The summed E-state index contributed by atoms with van der Waals surface area (Å²) in [5, 5.41) is 0. The Morgan fingerprint density at radius 2 is 0.833 bits per heavy atom. The molecule has 0 unspecified atom stereocenters. The van der Waals surface area contributed by atoms with Crippen LogP contribution in [-0.4, -0.2) is 28.0 Å². The van der Waals surface area contributed by atoms with Gasteiger partial charge in [0.25, 0.3) is 0 Å². The van der Waals surface area contributed by atoms with E-state index >= 15 is 0 Å². The maximum atomic E-state index is 10.0. The molecule has 0 saturated heterocycles. The molecule has 0 fully saturated rings. The zero-order chi connectivity index (χ0) is 19.3. The second kappa shape index (κ2) is 15.2. The third-order valence-electron chi connectivity index (χ3n) is 0.936. The minimum Gasteiger partial charge on any atom is -1.00 e. The molecule has 0 aliphatic carbocycles. The van der Waals surface area contributed by atoms with Crippen LogP contribution in [0.4, 0.5) is 51.8 Å². The van der Waals surface area contributed by atoms with E-state index in [1.807, 2.05) is 18.2 Å². The first-order valence-corrected chi connectivity index (χ1v) is 5.05. The van der Waals surface area contributed by atoms with E-state index in [1.54, 1.807) is 12.1 Å². The van der Waals surface area contributed by atoms with Crippen LogP contribution in [0.1, 0.15) is 11.8 Å². The van der Waals surface area contributed by atoms with Crippen molar-refractivity contribution in [3.63, 3.8) is 0 Å². The Morgan fingerprint density at radius 1 is 0.625 bits per heavy atom. The zero-order valence-corrected chi connectivity index (χ0v) is 14.8. The fourth-order valence-corrected chi connectivity index (χ4v) is 0.532. The summed E-state index contributed by atoms with van der Waals surface area (Å²) in [6.45, 7) is 0. The third-order valence-corrected chi connectivity index (χ3v) is 0.936. The molecule has 0 heterocycles. The quantitative estimate of drug-likeness (QED) is 0.398. The van der Waals surface area contributed by atoms with Gasteiger partial charge in [0.05, 0.1) is 0 Å². The normalized spacial score (nSPS) is 10.3. The first kappa shape index (κ1) is 31.6. The Morgan fingerprint density at radius 3 is 0.958 bits per heavy atom. The zero-order valence-electron chi connectivity index (χ0n) is 12.6. The molecular formula is C7H7B3F12KO-3. The first-order valence-electron chi connectivity index (χ1n) is 5.05. The second-order valence-corrected chi connectivity index (χ2v) is 3.01. The maximum Gasteiger partial charge on any atom is 1.00 e. The number of hydrogen-bond donors (Lipinski definition) is 0. The van der Waals surface area contributed by atoms with Crippen LogP contribution >= 0.6 is 0 Å². The topological polar surface area (TPSA) is 17.1 Å². The van der Waals surface area contributed by atoms with E-state index in [-0.39, 0.29) is 52.8 Å². The molecule has 0 bridgehead atoms. The molecule has 1 aromatic rings. The van der Waals surface area contributed by atoms with Crippen LogP contribution in [-0.2, 0) is 0 Å². The summed E-state index contributed by atoms with van der Waals surface area (Å²) >= 11 is 0. The molecule has 0 aromatic heterocycles. The summed E-state index contributed by atoms with van der Waals surface area (Å²) in [5.74, 6) is 0. The van der Waals surface area contributed by atoms with Gasteiger partial charge >= 0.3 is 73.1 Å². The van der Waals surface area contributed by atoms with E-state index in [4.69, 9.17) is 0 Å². The predicted octanol–water partition coefficient (Wildman–Crippen LogP) is 2.52. The van der Waals surface area contributed by atoms with Gasteiger partial charge in [0, 0.05) is 5.56 Å². The van der Waals surface area contributed by atoms with Crippen molar-refractivity contribution in [1.82, 2.24) is 0 Å². The molecule has 24 heavy (non-hydrogen) atoms. The van der Waals surface area contributed by atoms with Crippen molar-refractivity contribution in [1.29, 1.82) is 0 Å². The molecule has 1 aromatic carbocycles. The summed E-state index contributed by atoms with van der Waals surface area (Å²) in [4.78, 5) is 10.0. The number of carbonyl (C=O) groups is 1. The van der Waals surface area contributed by atoms with Crippen molar-refractivity contribution in [2.75, 3.05) is 0 Å². The van der Waals surface area contributed by atoms with Crippen molar-refractivity contribution in [3.05, 3.63) is 35.9 Å². The van der Waals surface area contributed by atoms with Crippen molar-refractivity contribution in [2.24, 2.45) is 0 Å². The fourth-order valence-electron chi connectivity index (χ4n) is 0.532. The van der Waals surface area contributed by atoms with Crippen molar-refractivity contribution in [3.8, 4) is 0 Å². The predicted molar refractivity (Wildman–Crippen MR) is 63.5 cm³/mol. The molecule has 0 saturated carbocycles. The molecule has 17 heteroatoms. The largest absolute Gasteiger partial charge is 1.00 e. The van der Waals surface area contributed by atoms with Crippen LogP contribution in [0.3, 0.4) is 0 Å². The number of rotatable bonds is 1. The van der Waals surface area contributed by atoms with Crippen molar-refractivity contribution < 1.29 is 109 Å².